The van der Waals surface area contributed by atoms with Crippen molar-refractivity contribution in [1.82, 2.24) is 4.98 Å². The Bertz CT molecular complexity index is 1040. The Morgan fingerprint density at radius 2 is 1.75 bits per heavy atom. The molecule has 7 heteroatoms. The Balaban J connectivity index is 2.13. The van der Waals surface area contributed by atoms with Crippen molar-refractivity contribution in [3.8, 4) is 11.5 Å². The van der Waals surface area contributed by atoms with E-state index < -0.39 is 10.0 Å². The lowest BCUT2D eigenvalue weighted by Crippen LogP contribution is -2.31. The first-order valence-corrected chi connectivity index (χ1v) is 10.1. The molecule has 1 heterocycles. The van der Waals surface area contributed by atoms with Crippen molar-refractivity contribution in [3.63, 3.8) is 0 Å². The van der Waals surface area contributed by atoms with Gasteiger partial charge in [0.1, 0.15) is 16.4 Å². The highest BCUT2D eigenvalue weighted by atomic mass is 32.2. The summed E-state index contributed by atoms with van der Waals surface area (Å²) in [6.07, 6.45) is 3.30. The van der Waals surface area contributed by atoms with E-state index in [1.165, 1.54) is 11.4 Å². The summed E-state index contributed by atoms with van der Waals surface area (Å²) < 4.78 is 39.1. The molecule has 0 radical (unpaired) electrons. The number of nitrogens with zero attached hydrogens (tertiary/aromatic N) is 2. The number of methoxy groups -OCH3 is 2. The predicted molar refractivity (Wildman–Crippen MR) is 108 cm³/mol. The van der Waals surface area contributed by atoms with Crippen LogP contribution in [0, 0.1) is 6.92 Å². The SMILES string of the molecule is COc1ccc(N(Cc2cccnc2)S(=O)(=O)c2cc(C)ccc2OC)cc1. The van der Waals surface area contributed by atoms with Gasteiger partial charge in [-0.25, -0.2) is 8.42 Å². The van der Waals surface area contributed by atoms with Crippen molar-refractivity contribution in [1.29, 1.82) is 0 Å². The van der Waals surface area contributed by atoms with E-state index in [4.69, 9.17) is 9.47 Å². The number of anilines is 1. The van der Waals surface area contributed by atoms with Gasteiger partial charge >= 0.3 is 0 Å². The fraction of sp³-hybridized carbons (Fsp3) is 0.190. The maximum Gasteiger partial charge on any atom is 0.268 e. The minimum Gasteiger partial charge on any atom is -0.497 e. The van der Waals surface area contributed by atoms with Gasteiger partial charge in [-0.2, -0.15) is 0 Å². The molecule has 146 valence electrons. The van der Waals surface area contributed by atoms with Crippen LogP contribution in [-0.4, -0.2) is 27.6 Å². The molecule has 0 aliphatic rings. The zero-order valence-corrected chi connectivity index (χ0v) is 16.8. The molecular weight excluding hydrogens is 376 g/mol. The Morgan fingerprint density at radius 3 is 2.36 bits per heavy atom. The molecule has 0 atom stereocenters. The first-order chi connectivity index (χ1) is 13.5. The van der Waals surface area contributed by atoms with E-state index in [0.717, 1.165) is 11.1 Å². The number of aryl methyl sites for hydroxylation is 1. The van der Waals surface area contributed by atoms with E-state index in [0.29, 0.717) is 17.2 Å². The summed E-state index contributed by atoms with van der Waals surface area (Å²) in [5, 5.41) is 0. The molecule has 0 saturated carbocycles. The van der Waals surface area contributed by atoms with Crippen LogP contribution in [0.4, 0.5) is 5.69 Å². The Morgan fingerprint density at radius 1 is 1.00 bits per heavy atom. The summed E-state index contributed by atoms with van der Waals surface area (Å²) in [7, 11) is -0.870. The summed E-state index contributed by atoms with van der Waals surface area (Å²) in [5.74, 6) is 0.950. The minimum absolute atomic E-state index is 0.120. The summed E-state index contributed by atoms with van der Waals surface area (Å²) >= 11 is 0. The average molecular weight is 398 g/mol. The highest BCUT2D eigenvalue weighted by Crippen LogP contribution is 2.32. The number of sulfonamides is 1. The Hall–Kier alpha value is -3.06. The molecule has 2 aromatic carbocycles. The molecule has 0 aliphatic carbocycles. The van der Waals surface area contributed by atoms with E-state index in [2.05, 4.69) is 4.98 Å². The monoisotopic (exact) mass is 398 g/mol. The molecular formula is C21H22N2O4S. The van der Waals surface area contributed by atoms with Crippen LogP contribution in [0.1, 0.15) is 11.1 Å². The van der Waals surface area contributed by atoms with E-state index in [1.807, 2.05) is 19.1 Å². The van der Waals surface area contributed by atoms with Crippen molar-refractivity contribution in [2.75, 3.05) is 18.5 Å². The van der Waals surface area contributed by atoms with Gasteiger partial charge in [0.2, 0.25) is 0 Å². The summed E-state index contributed by atoms with van der Waals surface area (Å²) in [5.41, 5.74) is 2.12. The van der Waals surface area contributed by atoms with Crippen molar-refractivity contribution >= 4 is 15.7 Å². The van der Waals surface area contributed by atoms with Crippen LogP contribution in [-0.2, 0) is 16.6 Å². The van der Waals surface area contributed by atoms with E-state index in [-0.39, 0.29) is 11.4 Å². The Labute approximate surface area is 165 Å². The Kier molecular flexibility index (Phi) is 5.84. The van der Waals surface area contributed by atoms with Gasteiger partial charge in [0.15, 0.2) is 0 Å². The normalized spacial score (nSPS) is 11.1. The van der Waals surface area contributed by atoms with Crippen LogP contribution in [0.15, 0.2) is 71.9 Å². The molecule has 3 rings (SSSR count). The molecule has 0 fully saturated rings. The fourth-order valence-corrected chi connectivity index (χ4v) is 4.52. The highest BCUT2D eigenvalue weighted by molar-refractivity contribution is 7.92. The second-order valence-electron chi connectivity index (χ2n) is 6.23. The van der Waals surface area contributed by atoms with Crippen molar-refractivity contribution in [2.24, 2.45) is 0 Å². The number of aromatic nitrogens is 1. The molecule has 0 aliphatic heterocycles. The summed E-state index contributed by atoms with van der Waals surface area (Å²) in [4.78, 5) is 4.22. The van der Waals surface area contributed by atoms with Gasteiger partial charge in [0, 0.05) is 12.4 Å². The fourth-order valence-electron chi connectivity index (χ4n) is 2.83. The standard InChI is InChI=1S/C21H22N2O4S/c1-16-6-11-20(27-3)21(13-16)28(24,25)23(15-17-5-4-12-22-14-17)18-7-9-19(26-2)10-8-18/h4-14H,15H2,1-3H3. The van der Waals surface area contributed by atoms with Gasteiger partial charge in [0.25, 0.3) is 10.0 Å². The number of pyridine rings is 1. The third kappa shape index (κ3) is 4.09. The van der Waals surface area contributed by atoms with Crippen LogP contribution in [0.2, 0.25) is 0 Å². The zero-order valence-electron chi connectivity index (χ0n) is 16.0. The average Bonchev–Trinajstić information content (AvgIpc) is 2.72. The quantitative estimate of drug-likeness (QED) is 0.605. The molecule has 0 unspecified atom stereocenters. The minimum atomic E-state index is -3.90. The van der Waals surface area contributed by atoms with Gasteiger partial charge in [-0.3, -0.25) is 9.29 Å². The van der Waals surface area contributed by atoms with Crippen LogP contribution in [0.3, 0.4) is 0 Å². The molecule has 1 aromatic heterocycles. The smallest absolute Gasteiger partial charge is 0.268 e. The second-order valence-corrected chi connectivity index (χ2v) is 8.06. The zero-order chi connectivity index (χ0) is 20.1. The van der Waals surface area contributed by atoms with Crippen molar-refractivity contribution in [2.45, 2.75) is 18.4 Å². The number of hydrogen-bond acceptors (Lipinski definition) is 5. The van der Waals surface area contributed by atoms with Gasteiger partial charge in [0.05, 0.1) is 26.5 Å². The molecule has 0 N–H and O–H groups in total. The third-order valence-electron chi connectivity index (χ3n) is 4.30. The maximum atomic E-state index is 13.6. The molecule has 3 aromatic rings. The van der Waals surface area contributed by atoms with Gasteiger partial charge in [-0.05, 0) is 60.5 Å². The molecule has 6 nitrogen and oxygen atoms in total. The van der Waals surface area contributed by atoms with E-state index >= 15 is 0 Å². The van der Waals surface area contributed by atoms with Crippen molar-refractivity contribution < 1.29 is 17.9 Å². The number of benzene rings is 2. The number of ether oxygens (including phenoxy) is 2. The first-order valence-electron chi connectivity index (χ1n) is 8.66. The predicted octanol–water partition coefficient (Wildman–Crippen LogP) is 3.80. The topological polar surface area (TPSA) is 68.7 Å². The van der Waals surface area contributed by atoms with Crippen LogP contribution in [0.25, 0.3) is 0 Å². The lowest BCUT2D eigenvalue weighted by molar-refractivity contribution is 0.402. The molecule has 0 spiro atoms. The number of rotatable bonds is 7. The lowest BCUT2D eigenvalue weighted by Gasteiger charge is -2.25. The second kappa shape index (κ2) is 8.31. The maximum absolute atomic E-state index is 13.6. The summed E-state index contributed by atoms with van der Waals surface area (Å²) in [6.45, 7) is 1.98. The third-order valence-corrected chi connectivity index (χ3v) is 6.09. The summed E-state index contributed by atoms with van der Waals surface area (Å²) in [6, 6.07) is 15.6. The van der Waals surface area contributed by atoms with Crippen LogP contribution < -0.4 is 13.8 Å². The van der Waals surface area contributed by atoms with E-state index in [9.17, 15) is 8.42 Å². The molecule has 0 bridgehead atoms. The highest BCUT2D eigenvalue weighted by Gasteiger charge is 2.28. The van der Waals surface area contributed by atoms with Crippen molar-refractivity contribution in [3.05, 3.63) is 78.1 Å². The van der Waals surface area contributed by atoms with Crippen LogP contribution >= 0.6 is 0 Å². The molecule has 0 amide bonds. The van der Waals surface area contributed by atoms with Crippen LogP contribution in [0.5, 0.6) is 11.5 Å². The van der Waals surface area contributed by atoms with Gasteiger partial charge < -0.3 is 9.47 Å². The van der Waals surface area contributed by atoms with Gasteiger partial charge in [-0.1, -0.05) is 12.1 Å². The first kappa shape index (κ1) is 19.7. The van der Waals surface area contributed by atoms with E-state index in [1.54, 1.807) is 62.0 Å². The number of hydrogen-bond donors (Lipinski definition) is 0. The van der Waals surface area contributed by atoms with Gasteiger partial charge in [-0.15, -0.1) is 0 Å². The molecule has 0 saturated heterocycles. The molecule has 28 heavy (non-hydrogen) atoms. The lowest BCUT2D eigenvalue weighted by atomic mass is 10.2. The largest absolute Gasteiger partial charge is 0.497 e.